The molecule has 1 unspecified atom stereocenters. The van der Waals surface area contributed by atoms with Crippen LogP contribution in [0.5, 0.6) is 5.75 Å². The summed E-state index contributed by atoms with van der Waals surface area (Å²) in [5, 5.41) is 9.86. The largest absolute Gasteiger partial charge is 0.508 e. The van der Waals surface area contributed by atoms with Crippen LogP contribution in [0.25, 0.3) is 0 Å². The fourth-order valence-electron chi connectivity index (χ4n) is 4.57. The predicted molar refractivity (Wildman–Crippen MR) is 146 cm³/mol. The lowest BCUT2D eigenvalue weighted by molar-refractivity contribution is 0.450. The van der Waals surface area contributed by atoms with Crippen molar-refractivity contribution in [1.29, 1.82) is 0 Å². The maximum Gasteiger partial charge on any atom is 0.115 e. The predicted octanol–water partition coefficient (Wildman–Crippen LogP) is 9.19. The Hall–Kier alpha value is -1.52. The number of aromatic hydroxyl groups is 1. The molecule has 3 heteroatoms. The molecule has 170 valence electrons. The Kier molecular flexibility index (Phi) is 10.4. The van der Waals surface area contributed by atoms with Crippen molar-refractivity contribution in [3.63, 3.8) is 0 Å². The summed E-state index contributed by atoms with van der Waals surface area (Å²) in [5.74, 6) is 2.36. The molecular formula is C29H34ClIO. The van der Waals surface area contributed by atoms with E-state index >= 15 is 0 Å². The highest BCUT2D eigenvalue weighted by Gasteiger charge is 2.24. The molecular weight excluding hydrogens is 527 g/mol. The van der Waals surface area contributed by atoms with Crippen molar-refractivity contribution in [2.75, 3.05) is 4.43 Å². The van der Waals surface area contributed by atoms with Crippen LogP contribution in [-0.2, 0) is 5.88 Å². The highest BCUT2D eigenvalue weighted by Crippen LogP contribution is 2.40. The van der Waals surface area contributed by atoms with Gasteiger partial charge in [-0.2, -0.15) is 0 Å². The van der Waals surface area contributed by atoms with Crippen molar-refractivity contribution < 1.29 is 5.11 Å². The van der Waals surface area contributed by atoms with E-state index in [9.17, 15) is 5.11 Å². The highest BCUT2D eigenvalue weighted by atomic mass is 127. The third-order valence-corrected chi connectivity index (χ3v) is 7.84. The lowest BCUT2D eigenvalue weighted by Gasteiger charge is -2.28. The number of phenols is 1. The van der Waals surface area contributed by atoms with Crippen LogP contribution >= 0.6 is 34.2 Å². The van der Waals surface area contributed by atoms with Gasteiger partial charge in [0.1, 0.15) is 5.75 Å². The molecule has 0 heterocycles. The minimum atomic E-state index is 0.334. The molecule has 1 nitrogen and oxygen atoms in total. The first kappa shape index (κ1) is 25.1. The van der Waals surface area contributed by atoms with Crippen LogP contribution in [0.2, 0.25) is 0 Å². The fraction of sp³-hybridized carbons (Fsp3) is 0.379. The Morgan fingerprint density at radius 1 is 0.750 bits per heavy atom. The summed E-state index contributed by atoms with van der Waals surface area (Å²) in [6.07, 6.45) is 5.87. The second-order valence-corrected chi connectivity index (χ2v) is 9.88. The van der Waals surface area contributed by atoms with Gasteiger partial charge in [0.05, 0.1) is 0 Å². The van der Waals surface area contributed by atoms with Crippen LogP contribution in [-0.4, -0.2) is 9.53 Å². The number of halogens is 2. The minimum absolute atomic E-state index is 0.334. The van der Waals surface area contributed by atoms with E-state index in [0.717, 1.165) is 17.3 Å². The number of unbranched alkanes of at least 4 members (excludes halogenated alkanes) is 1. The second kappa shape index (κ2) is 13.3. The smallest absolute Gasteiger partial charge is 0.115 e. The zero-order valence-corrected chi connectivity index (χ0v) is 21.8. The molecule has 3 rings (SSSR count). The monoisotopic (exact) mass is 560 g/mol. The zero-order valence-electron chi connectivity index (χ0n) is 18.9. The molecule has 0 aliphatic rings. The van der Waals surface area contributed by atoms with Gasteiger partial charge in [0.15, 0.2) is 0 Å². The summed E-state index contributed by atoms with van der Waals surface area (Å²) in [6.45, 7) is 2.27. The Morgan fingerprint density at radius 3 is 1.91 bits per heavy atom. The molecule has 0 amide bonds. The van der Waals surface area contributed by atoms with Crippen LogP contribution in [0, 0.1) is 0 Å². The van der Waals surface area contributed by atoms with Gasteiger partial charge in [0.25, 0.3) is 0 Å². The van der Waals surface area contributed by atoms with Crippen molar-refractivity contribution in [2.45, 2.75) is 62.7 Å². The third-order valence-electron chi connectivity index (χ3n) is 6.47. The van der Waals surface area contributed by atoms with Crippen LogP contribution in [0.3, 0.4) is 0 Å². The molecule has 0 aliphatic heterocycles. The topological polar surface area (TPSA) is 20.2 Å². The normalized spacial score (nSPS) is 14.1. The number of benzene rings is 3. The highest BCUT2D eigenvalue weighted by molar-refractivity contribution is 14.1. The van der Waals surface area contributed by atoms with Gasteiger partial charge in [-0.25, -0.2) is 0 Å². The first-order chi connectivity index (χ1) is 15.6. The lowest BCUT2D eigenvalue weighted by atomic mass is 9.77. The third kappa shape index (κ3) is 7.25. The Bertz CT molecular complexity index is 908. The standard InChI is InChI=1S/C29H34ClIO/c1-2-3-7-26(24-12-10-22(20-30)11-13-24)18-27(25-14-16-29(32)17-15-25)19-28(21-31)23-8-5-4-6-9-23/h4-6,8-17,26-28,32H,2-3,7,18-21H2,1H3/t26-,27?,28+/m0/s1. The molecule has 32 heavy (non-hydrogen) atoms. The quantitative estimate of drug-likeness (QED) is 0.173. The molecule has 0 saturated heterocycles. The fourth-order valence-corrected chi connectivity index (χ4v) is 5.61. The number of alkyl halides is 2. The van der Waals surface area contributed by atoms with Gasteiger partial charge in [0.2, 0.25) is 0 Å². The van der Waals surface area contributed by atoms with E-state index in [-0.39, 0.29) is 0 Å². The van der Waals surface area contributed by atoms with E-state index in [4.69, 9.17) is 11.6 Å². The molecule has 3 aromatic carbocycles. The summed E-state index contributed by atoms with van der Waals surface area (Å²) < 4.78 is 1.10. The maximum absolute atomic E-state index is 9.86. The summed E-state index contributed by atoms with van der Waals surface area (Å²) in [5.41, 5.74) is 5.34. The molecule has 3 atom stereocenters. The van der Waals surface area contributed by atoms with E-state index < -0.39 is 0 Å². The molecule has 0 saturated carbocycles. The maximum atomic E-state index is 9.86. The Balaban J connectivity index is 1.89. The Morgan fingerprint density at radius 2 is 1.31 bits per heavy atom. The van der Waals surface area contributed by atoms with Gasteiger partial charge in [-0.05, 0) is 71.4 Å². The van der Waals surface area contributed by atoms with E-state index in [1.807, 2.05) is 12.1 Å². The number of phenolic OH excluding ortho intramolecular Hbond substituents is 1. The van der Waals surface area contributed by atoms with Crippen molar-refractivity contribution in [3.05, 3.63) is 101 Å². The van der Waals surface area contributed by atoms with Crippen LogP contribution < -0.4 is 0 Å². The van der Waals surface area contributed by atoms with Crippen molar-refractivity contribution >= 4 is 34.2 Å². The summed E-state index contributed by atoms with van der Waals surface area (Å²) in [4.78, 5) is 0. The summed E-state index contributed by atoms with van der Waals surface area (Å²) in [6, 6.07) is 27.7. The number of rotatable bonds is 12. The minimum Gasteiger partial charge on any atom is -0.508 e. The van der Waals surface area contributed by atoms with E-state index in [1.165, 1.54) is 41.5 Å². The van der Waals surface area contributed by atoms with Gasteiger partial charge < -0.3 is 5.11 Å². The lowest BCUT2D eigenvalue weighted by Crippen LogP contribution is -2.12. The molecule has 0 aromatic heterocycles. The van der Waals surface area contributed by atoms with Crippen molar-refractivity contribution in [2.24, 2.45) is 0 Å². The first-order valence-electron chi connectivity index (χ1n) is 11.7. The first-order valence-corrected chi connectivity index (χ1v) is 13.7. The summed E-state index contributed by atoms with van der Waals surface area (Å²) in [7, 11) is 0. The molecule has 0 radical (unpaired) electrons. The van der Waals surface area contributed by atoms with Gasteiger partial charge in [0, 0.05) is 10.3 Å². The Labute approximate surface area is 212 Å². The van der Waals surface area contributed by atoms with E-state index in [2.05, 4.69) is 96.2 Å². The zero-order chi connectivity index (χ0) is 22.8. The van der Waals surface area contributed by atoms with E-state index in [0.29, 0.717) is 29.4 Å². The van der Waals surface area contributed by atoms with Crippen molar-refractivity contribution in [1.82, 2.24) is 0 Å². The molecule has 0 aliphatic carbocycles. The molecule has 0 spiro atoms. The van der Waals surface area contributed by atoms with Gasteiger partial charge >= 0.3 is 0 Å². The molecule has 3 aromatic rings. The molecule has 0 fully saturated rings. The van der Waals surface area contributed by atoms with Gasteiger partial charge in [-0.3, -0.25) is 0 Å². The molecule has 0 bridgehead atoms. The second-order valence-electron chi connectivity index (χ2n) is 8.74. The van der Waals surface area contributed by atoms with Crippen LogP contribution in [0.1, 0.15) is 79.0 Å². The number of hydrogen-bond acceptors (Lipinski definition) is 1. The van der Waals surface area contributed by atoms with Crippen LogP contribution in [0.15, 0.2) is 78.9 Å². The van der Waals surface area contributed by atoms with Gasteiger partial charge in [-0.1, -0.05) is 109 Å². The van der Waals surface area contributed by atoms with Crippen LogP contribution in [0.4, 0.5) is 0 Å². The molecule has 1 N–H and O–H groups in total. The van der Waals surface area contributed by atoms with E-state index in [1.54, 1.807) is 0 Å². The average Bonchev–Trinajstić information content (AvgIpc) is 2.85. The van der Waals surface area contributed by atoms with Gasteiger partial charge in [-0.15, -0.1) is 11.6 Å². The summed E-state index contributed by atoms with van der Waals surface area (Å²) >= 11 is 8.56. The SMILES string of the molecule is CCCC[C@@H](CC(C[C@H](CI)c1ccccc1)c1ccc(O)cc1)c1ccc(CCl)cc1. The van der Waals surface area contributed by atoms with Crippen molar-refractivity contribution in [3.8, 4) is 5.75 Å². The number of hydrogen-bond donors (Lipinski definition) is 1. The average molecular weight is 561 g/mol.